The maximum Gasteiger partial charge on any atom is 0.312 e. The van der Waals surface area contributed by atoms with Crippen LogP contribution in [0, 0.1) is 0 Å². The van der Waals surface area contributed by atoms with E-state index in [9.17, 15) is 4.79 Å². The molecule has 1 heterocycles. The summed E-state index contributed by atoms with van der Waals surface area (Å²) in [5.74, 6) is -0.434. The van der Waals surface area contributed by atoms with Gasteiger partial charge in [-0.25, -0.2) is 0 Å². The van der Waals surface area contributed by atoms with Crippen molar-refractivity contribution in [1.29, 1.82) is 0 Å². The fourth-order valence-corrected chi connectivity index (χ4v) is 1.06. The average molecular weight is 208 g/mol. The van der Waals surface area contributed by atoms with Crippen molar-refractivity contribution in [1.82, 2.24) is 4.98 Å². The van der Waals surface area contributed by atoms with Crippen molar-refractivity contribution in [3.8, 4) is 0 Å². The molecule has 5 heteroatoms. The minimum atomic E-state index is -0.434. The molecule has 1 N–H and O–H groups in total. The maximum atomic E-state index is 11.1. The smallest absolute Gasteiger partial charge is 0.312 e. The van der Waals surface area contributed by atoms with E-state index in [4.69, 9.17) is 9.94 Å². The molecule has 80 valence electrons. The monoisotopic (exact) mass is 208 g/mol. The number of hydrogen-bond donors (Lipinski definition) is 1. The molecule has 0 radical (unpaired) electrons. The van der Waals surface area contributed by atoms with Crippen LogP contribution in [0.4, 0.5) is 0 Å². The van der Waals surface area contributed by atoms with Crippen molar-refractivity contribution in [2.45, 2.75) is 13.3 Å². The van der Waals surface area contributed by atoms with Gasteiger partial charge in [0.2, 0.25) is 0 Å². The molecule has 0 amide bonds. The summed E-state index contributed by atoms with van der Waals surface area (Å²) in [6, 6.07) is 5.15. The van der Waals surface area contributed by atoms with Crippen molar-refractivity contribution in [3.63, 3.8) is 0 Å². The number of carbonyl (C=O) groups is 1. The van der Waals surface area contributed by atoms with Crippen LogP contribution >= 0.6 is 0 Å². The number of pyridine rings is 1. The molecular formula is C10H12N2O3. The topological polar surface area (TPSA) is 71.8 Å². The highest BCUT2D eigenvalue weighted by molar-refractivity contribution is 6.07. The SMILES string of the molecule is CCOC(=O)C/C(=N\O)c1ccccn1. The lowest BCUT2D eigenvalue weighted by molar-refractivity contribution is -0.141. The van der Waals surface area contributed by atoms with Gasteiger partial charge >= 0.3 is 5.97 Å². The Morgan fingerprint density at radius 1 is 1.60 bits per heavy atom. The van der Waals surface area contributed by atoms with E-state index < -0.39 is 5.97 Å². The van der Waals surface area contributed by atoms with Gasteiger partial charge in [0, 0.05) is 6.20 Å². The first-order chi connectivity index (χ1) is 7.27. The third-order valence-corrected chi connectivity index (χ3v) is 1.70. The van der Waals surface area contributed by atoms with Crippen molar-refractivity contribution in [3.05, 3.63) is 30.1 Å². The van der Waals surface area contributed by atoms with E-state index in [0.29, 0.717) is 12.3 Å². The summed E-state index contributed by atoms with van der Waals surface area (Å²) >= 11 is 0. The fourth-order valence-electron chi connectivity index (χ4n) is 1.06. The highest BCUT2D eigenvalue weighted by atomic mass is 16.5. The summed E-state index contributed by atoms with van der Waals surface area (Å²) in [6.07, 6.45) is 1.48. The van der Waals surface area contributed by atoms with E-state index in [1.807, 2.05) is 0 Å². The number of rotatable bonds is 4. The van der Waals surface area contributed by atoms with Gasteiger partial charge in [0.15, 0.2) is 0 Å². The zero-order chi connectivity index (χ0) is 11.1. The largest absolute Gasteiger partial charge is 0.466 e. The van der Waals surface area contributed by atoms with E-state index in [0.717, 1.165) is 0 Å². The molecule has 0 spiro atoms. The zero-order valence-corrected chi connectivity index (χ0v) is 8.38. The Morgan fingerprint density at radius 2 is 2.40 bits per heavy atom. The predicted molar refractivity (Wildman–Crippen MR) is 53.8 cm³/mol. The van der Waals surface area contributed by atoms with Gasteiger partial charge in [-0.2, -0.15) is 0 Å². The van der Waals surface area contributed by atoms with Gasteiger partial charge in [0.25, 0.3) is 0 Å². The predicted octanol–water partition coefficient (Wildman–Crippen LogP) is 1.21. The van der Waals surface area contributed by atoms with Crippen LogP contribution in [0.1, 0.15) is 19.0 Å². The van der Waals surface area contributed by atoms with Gasteiger partial charge in [-0.15, -0.1) is 0 Å². The van der Waals surface area contributed by atoms with Crippen molar-refractivity contribution >= 4 is 11.7 Å². The van der Waals surface area contributed by atoms with E-state index in [1.165, 1.54) is 0 Å². The van der Waals surface area contributed by atoms with Gasteiger partial charge in [0.05, 0.1) is 18.7 Å². The van der Waals surface area contributed by atoms with Crippen LogP contribution in [0.15, 0.2) is 29.6 Å². The molecule has 0 bridgehead atoms. The molecule has 0 unspecified atom stereocenters. The normalized spacial score (nSPS) is 11.1. The molecule has 1 rings (SSSR count). The van der Waals surface area contributed by atoms with Crippen LogP contribution in [0.5, 0.6) is 0 Å². The standard InChI is InChI=1S/C10H12N2O3/c1-2-15-10(13)7-9(12-14)8-5-3-4-6-11-8/h3-6,14H,2,7H2,1H3/b12-9+. The average Bonchev–Trinajstić information content (AvgIpc) is 2.27. The number of hydrogen-bond acceptors (Lipinski definition) is 5. The van der Waals surface area contributed by atoms with Gasteiger partial charge < -0.3 is 9.94 Å². The van der Waals surface area contributed by atoms with Crippen molar-refractivity contribution in [2.75, 3.05) is 6.61 Å². The Morgan fingerprint density at radius 3 is 2.93 bits per heavy atom. The lowest BCUT2D eigenvalue weighted by atomic mass is 10.2. The Bertz CT molecular complexity index is 349. The summed E-state index contributed by atoms with van der Waals surface area (Å²) in [6.45, 7) is 2.02. The summed E-state index contributed by atoms with van der Waals surface area (Å²) < 4.78 is 4.74. The maximum absolute atomic E-state index is 11.1. The second-order valence-electron chi connectivity index (χ2n) is 2.74. The number of oxime groups is 1. The molecule has 0 aliphatic carbocycles. The minimum Gasteiger partial charge on any atom is -0.466 e. The molecule has 0 aliphatic rings. The molecule has 0 atom stereocenters. The van der Waals surface area contributed by atoms with E-state index in [1.54, 1.807) is 31.3 Å². The van der Waals surface area contributed by atoms with Crippen molar-refractivity contribution in [2.24, 2.45) is 5.16 Å². The molecule has 0 aliphatic heterocycles. The lowest BCUT2D eigenvalue weighted by Crippen LogP contribution is -2.13. The molecular weight excluding hydrogens is 196 g/mol. The van der Waals surface area contributed by atoms with Crippen LogP contribution in [0.3, 0.4) is 0 Å². The summed E-state index contributed by atoms with van der Waals surface area (Å²) in [5.41, 5.74) is 0.669. The molecule has 0 aromatic carbocycles. The first kappa shape index (κ1) is 11.2. The number of aromatic nitrogens is 1. The quantitative estimate of drug-likeness (QED) is 0.349. The van der Waals surface area contributed by atoms with E-state index >= 15 is 0 Å². The molecule has 0 fully saturated rings. The number of ether oxygens (including phenoxy) is 1. The lowest BCUT2D eigenvalue weighted by Gasteiger charge is -2.03. The highest BCUT2D eigenvalue weighted by Gasteiger charge is 2.11. The van der Waals surface area contributed by atoms with E-state index in [2.05, 4.69) is 10.1 Å². The summed E-state index contributed by atoms with van der Waals surface area (Å²) in [4.78, 5) is 15.1. The summed E-state index contributed by atoms with van der Waals surface area (Å²) in [5, 5.41) is 11.8. The third-order valence-electron chi connectivity index (χ3n) is 1.70. The fraction of sp³-hybridized carbons (Fsp3) is 0.300. The zero-order valence-electron chi connectivity index (χ0n) is 8.38. The minimum absolute atomic E-state index is 0.0820. The highest BCUT2D eigenvalue weighted by Crippen LogP contribution is 2.01. The molecule has 1 aromatic rings. The van der Waals surface area contributed by atoms with Gasteiger partial charge in [0.1, 0.15) is 5.71 Å². The van der Waals surface area contributed by atoms with Crippen LogP contribution in [0.25, 0.3) is 0 Å². The van der Waals surface area contributed by atoms with Gasteiger partial charge in [-0.05, 0) is 19.1 Å². The molecule has 0 saturated heterocycles. The molecule has 0 saturated carbocycles. The van der Waals surface area contributed by atoms with Crippen LogP contribution < -0.4 is 0 Å². The van der Waals surface area contributed by atoms with Crippen LogP contribution in [0.2, 0.25) is 0 Å². The molecule has 5 nitrogen and oxygen atoms in total. The van der Waals surface area contributed by atoms with Crippen LogP contribution in [-0.2, 0) is 9.53 Å². The Kier molecular flexibility index (Phi) is 4.28. The first-order valence-corrected chi connectivity index (χ1v) is 4.56. The second-order valence-corrected chi connectivity index (χ2v) is 2.74. The summed E-state index contributed by atoms with van der Waals surface area (Å²) in [7, 11) is 0. The van der Waals surface area contributed by atoms with Crippen LogP contribution in [-0.4, -0.2) is 28.5 Å². The van der Waals surface area contributed by atoms with Crippen molar-refractivity contribution < 1.29 is 14.7 Å². The van der Waals surface area contributed by atoms with Gasteiger partial charge in [-0.3, -0.25) is 9.78 Å². The number of nitrogens with zero attached hydrogens (tertiary/aromatic N) is 2. The number of carbonyl (C=O) groups excluding carboxylic acids is 1. The molecule has 15 heavy (non-hydrogen) atoms. The number of esters is 1. The second kappa shape index (κ2) is 5.74. The van der Waals surface area contributed by atoms with Gasteiger partial charge in [-0.1, -0.05) is 11.2 Å². The Balaban J connectivity index is 2.70. The first-order valence-electron chi connectivity index (χ1n) is 4.56. The third kappa shape index (κ3) is 3.38. The molecule has 1 aromatic heterocycles. The Hall–Kier alpha value is -1.91. The van der Waals surface area contributed by atoms with E-state index in [-0.39, 0.29) is 12.1 Å². The Labute approximate surface area is 87.4 Å².